The molecule has 2 aromatic rings. The number of carbonyl (C=O) groups is 1. The van der Waals surface area contributed by atoms with E-state index in [2.05, 4.69) is 15.2 Å². The van der Waals surface area contributed by atoms with Crippen LogP contribution in [0.2, 0.25) is 0 Å². The third kappa shape index (κ3) is 2.84. The van der Waals surface area contributed by atoms with E-state index >= 15 is 0 Å². The first-order valence-electron chi connectivity index (χ1n) is 8.72. The number of methoxy groups -OCH3 is 1. The van der Waals surface area contributed by atoms with Gasteiger partial charge in [0.1, 0.15) is 12.3 Å². The van der Waals surface area contributed by atoms with Crippen molar-refractivity contribution in [1.82, 2.24) is 24.8 Å². The Bertz CT molecular complexity index is 762. The summed E-state index contributed by atoms with van der Waals surface area (Å²) in [6.45, 7) is 1.67. The van der Waals surface area contributed by atoms with E-state index in [1.807, 2.05) is 11.9 Å². The SMILES string of the molecule is COCc1noc(C2CN(C(=O)c3ccn(C)n3)CC23CCCC3)n1. The van der Waals surface area contributed by atoms with Gasteiger partial charge >= 0.3 is 0 Å². The second kappa shape index (κ2) is 6.25. The maximum absolute atomic E-state index is 12.8. The van der Waals surface area contributed by atoms with E-state index in [-0.39, 0.29) is 17.2 Å². The molecule has 8 nitrogen and oxygen atoms in total. The van der Waals surface area contributed by atoms with Crippen molar-refractivity contribution in [3.05, 3.63) is 29.7 Å². The van der Waals surface area contributed by atoms with Crippen LogP contribution in [0.3, 0.4) is 0 Å². The number of amides is 1. The van der Waals surface area contributed by atoms with Crippen LogP contribution in [-0.2, 0) is 18.4 Å². The van der Waals surface area contributed by atoms with Gasteiger partial charge in [0.25, 0.3) is 5.91 Å². The fourth-order valence-corrected chi connectivity index (χ4v) is 4.34. The van der Waals surface area contributed by atoms with Gasteiger partial charge in [-0.05, 0) is 18.9 Å². The van der Waals surface area contributed by atoms with Crippen molar-refractivity contribution in [2.75, 3.05) is 20.2 Å². The highest BCUT2D eigenvalue weighted by Gasteiger charge is 2.52. The molecule has 1 aliphatic heterocycles. The largest absolute Gasteiger partial charge is 0.377 e. The Hall–Kier alpha value is -2.22. The van der Waals surface area contributed by atoms with Gasteiger partial charge in [-0.2, -0.15) is 10.1 Å². The molecule has 2 aromatic heterocycles. The summed E-state index contributed by atoms with van der Waals surface area (Å²) in [5.41, 5.74) is 0.531. The molecular formula is C17H23N5O3. The Morgan fingerprint density at radius 3 is 2.92 bits per heavy atom. The minimum absolute atomic E-state index is 0.0222. The van der Waals surface area contributed by atoms with Crippen LogP contribution in [0.15, 0.2) is 16.8 Å². The van der Waals surface area contributed by atoms with E-state index in [9.17, 15) is 4.79 Å². The fourth-order valence-electron chi connectivity index (χ4n) is 4.34. The molecule has 1 spiro atoms. The van der Waals surface area contributed by atoms with Crippen LogP contribution in [0.4, 0.5) is 0 Å². The Morgan fingerprint density at radius 2 is 2.24 bits per heavy atom. The average molecular weight is 345 g/mol. The van der Waals surface area contributed by atoms with E-state index in [1.165, 1.54) is 12.8 Å². The first-order valence-corrected chi connectivity index (χ1v) is 8.72. The number of likely N-dealkylation sites (tertiary alicyclic amines) is 1. The van der Waals surface area contributed by atoms with Crippen molar-refractivity contribution in [3.8, 4) is 0 Å². The number of carbonyl (C=O) groups excluding carboxylic acids is 1. The number of hydrogen-bond acceptors (Lipinski definition) is 6. The van der Waals surface area contributed by atoms with Gasteiger partial charge in [0.15, 0.2) is 5.82 Å². The van der Waals surface area contributed by atoms with Crippen molar-refractivity contribution in [2.45, 2.75) is 38.2 Å². The molecule has 0 aromatic carbocycles. The number of nitrogens with zero attached hydrogens (tertiary/aromatic N) is 5. The van der Waals surface area contributed by atoms with E-state index in [1.54, 1.807) is 24.1 Å². The summed E-state index contributed by atoms with van der Waals surface area (Å²) in [5.74, 6) is 1.25. The van der Waals surface area contributed by atoms with Crippen LogP contribution >= 0.6 is 0 Å². The summed E-state index contributed by atoms with van der Waals surface area (Å²) in [5, 5.41) is 8.26. The zero-order valence-corrected chi connectivity index (χ0v) is 14.6. The van der Waals surface area contributed by atoms with Crippen LogP contribution in [0.25, 0.3) is 0 Å². The summed E-state index contributed by atoms with van der Waals surface area (Å²) < 4.78 is 12.3. The van der Waals surface area contributed by atoms with Gasteiger partial charge in [-0.3, -0.25) is 9.48 Å². The van der Waals surface area contributed by atoms with Crippen LogP contribution in [0.5, 0.6) is 0 Å². The van der Waals surface area contributed by atoms with Crippen molar-refractivity contribution in [2.24, 2.45) is 12.5 Å². The smallest absolute Gasteiger partial charge is 0.274 e. The molecule has 1 aliphatic carbocycles. The van der Waals surface area contributed by atoms with Gasteiger partial charge in [-0.1, -0.05) is 18.0 Å². The lowest BCUT2D eigenvalue weighted by molar-refractivity contribution is 0.0766. The molecule has 1 atom stereocenters. The number of ether oxygens (including phenoxy) is 1. The van der Waals surface area contributed by atoms with Crippen molar-refractivity contribution >= 4 is 5.91 Å². The van der Waals surface area contributed by atoms with Gasteiger partial charge in [0.2, 0.25) is 5.89 Å². The Labute approximate surface area is 146 Å². The zero-order chi connectivity index (χ0) is 17.4. The lowest BCUT2D eigenvalue weighted by Crippen LogP contribution is -2.31. The molecule has 134 valence electrons. The molecular weight excluding hydrogens is 322 g/mol. The van der Waals surface area contributed by atoms with Gasteiger partial charge in [-0.15, -0.1) is 0 Å². The molecule has 1 saturated carbocycles. The topological polar surface area (TPSA) is 86.3 Å². The third-order valence-corrected chi connectivity index (χ3v) is 5.52. The molecule has 2 fully saturated rings. The summed E-state index contributed by atoms with van der Waals surface area (Å²) in [6, 6.07) is 1.76. The van der Waals surface area contributed by atoms with Crippen LogP contribution in [0.1, 0.15) is 53.8 Å². The first-order chi connectivity index (χ1) is 12.1. The van der Waals surface area contributed by atoms with E-state index in [0.717, 1.165) is 19.4 Å². The summed E-state index contributed by atoms with van der Waals surface area (Å²) in [4.78, 5) is 19.3. The minimum atomic E-state index is -0.0222. The second-order valence-electron chi connectivity index (χ2n) is 7.16. The predicted octanol–water partition coefficient (Wildman–Crippen LogP) is 1.75. The minimum Gasteiger partial charge on any atom is -0.377 e. The summed E-state index contributed by atoms with van der Waals surface area (Å²) in [7, 11) is 3.43. The van der Waals surface area contributed by atoms with Gasteiger partial charge in [-0.25, -0.2) is 0 Å². The molecule has 0 N–H and O–H groups in total. The monoisotopic (exact) mass is 345 g/mol. The standard InChI is InChI=1S/C17H23N5O3/c1-21-8-5-13(19-21)16(23)22-9-12(17(11-22)6-3-4-7-17)15-18-14(10-24-2)20-25-15/h5,8,12H,3-4,6-7,9-11H2,1-2H3. The molecule has 3 heterocycles. The second-order valence-corrected chi connectivity index (χ2v) is 7.16. The lowest BCUT2D eigenvalue weighted by Gasteiger charge is -2.27. The van der Waals surface area contributed by atoms with Crippen LogP contribution < -0.4 is 0 Å². The predicted molar refractivity (Wildman–Crippen MR) is 87.8 cm³/mol. The maximum Gasteiger partial charge on any atom is 0.274 e. The molecule has 25 heavy (non-hydrogen) atoms. The normalized spacial score (nSPS) is 22.2. The number of aromatic nitrogens is 4. The Balaban J connectivity index is 1.60. The van der Waals surface area contributed by atoms with Crippen molar-refractivity contribution in [1.29, 1.82) is 0 Å². The molecule has 4 rings (SSSR count). The molecule has 8 heteroatoms. The van der Waals surface area contributed by atoms with E-state index in [4.69, 9.17) is 9.26 Å². The fraction of sp³-hybridized carbons (Fsp3) is 0.647. The van der Waals surface area contributed by atoms with Crippen molar-refractivity contribution in [3.63, 3.8) is 0 Å². The highest BCUT2D eigenvalue weighted by molar-refractivity contribution is 5.92. The summed E-state index contributed by atoms with van der Waals surface area (Å²) >= 11 is 0. The Kier molecular flexibility index (Phi) is 4.07. The van der Waals surface area contributed by atoms with Crippen molar-refractivity contribution < 1.29 is 14.1 Å². The molecule has 1 amide bonds. The number of aryl methyl sites for hydroxylation is 1. The number of rotatable bonds is 4. The van der Waals surface area contributed by atoms with Gasteiger partial charge in [0.05, 0.1) is 5.92 Å². The third-order valence-electron chi connectivity index (χ3n) is 5.52. The quantitative estimate of drug-likeness (QED) is 0.839. The molecule has 0 radical (unpaired) electrons. The average Bonchev–Trinajstić information content (AvgIpc) is 3.36. The zero-order valence-electron chi connectivity index (χ0n) is 14.6. The first kappa shape index (κ1) is 16.3. The molecule has 1 saturated heterocycles. The lowest BCUT2D eigenvalue weighted by atomic mass is 9.76. The molecule has 1 unspecified atom stereocenters. The summed E-state index contributed by atoms with van der Waals surface area (Å²) in [6.07, 6.45) is 6.33. The maximum atomic E-state index is 12.8. The van der Waals surface area contributed by atoms with E-state index < -0.39 is 0 Å². The highest BCUT2D eigenvalue weighted by atomic mass is 16.5. The van der Waals surface area contributed by atoms with E-state index in [0.29, 0.717) is 30.6 Å². The highest BCUT2D eigenvalue weighted by Crippen LogP contribution is 2.53. The Morgan fingerprint density at radius 1 is 1.44 bits per heavy atom. The van der Waals surface area contributed by atoms with Gasteiger partial charge < -0.3 is 14.2 Å². The number of hydrogen-bond donors (Lipinski definition) is 0. The van der Waals surface area contributed by atoms with Gasteiger partial charge in [0, 0.05) is 38.9 Å². The van der Waals surface area contributed by atoms with Crippen LogP contribution in [0, 0.1) is 5.41 Å². The molecule has 2 aliphatic rings. The molecule has 0 bridgehead atoms. The van der Waals surface area contributed by atoms with Crippen LogP contribution in [-0.4, -0.2) is 50.9 Å².